The second kappa shape index (κ2) is 7.22. The van der Waals surface area contributed by atoms with Crippen LogP contribution in [0.4, 0.5) is 4.39 Å². The van der Waals surface area contributed by atoms with Crippen molar-refractivity contribution in [2.75, 3.05) is 12.4 Å². The lowest BCUT2D eigenvalue weighted by molar-refractivity contribution is 0.180. The highest BCUT2D eigenvalue weighted by Gasteiger charge is 2.28. The fourth-order valence-electron chi connectivity index (χ4n) is 2.61. The highest BCUT2D eigenvalue weighted by molar-refractivity contribution is 7.89. The third-order valence-corrected chi connectivity index (χ3v) is 5.32. The standard InChI is InChI=1S/C15H22FNO3S/c1-2-21(18,19)17-15-6-4-3-5-12(15)11-20-14-9-7-13(16)8-10-14/h7-10,12,15,17H,2-6,11H2,1H3/t12-,15+/m0/s1. The molecule has 1 N–H and O–H groups in total. The smallest absolute Gasteiger partial charge is 0.211 e. The topological polar surface area (TPSA) is 55.4 Å². The fraction of sp³-hybridized carbons (Fsp3) is 0.600. The molecule has 1 saturated carbocycles. The van der Waals surface area contributed by atoms with Gasteiger partial charge in [-0.2, -0.15) is 0 Å². The van der Waals surface area contributed by atoms with Crippen LogP contribution in [0.3, 0.4) is 0 Å². The molecule has 2 atom stereocenters. The van der Waals surface area contributed by atoms with Crippen molar-refractivity contribution in [3.05, 3.63) is 30.1 Å². The summed E-state index contributed by atoms with van der Waals surface area (Å²) >= 11 is 0. The molecule has 0 bridgehead atoms. The van der Waals surface area contributed by atoms with Gasteiger partial charge in [-0.15, -0.1) is 0 Å². The van der Waals surface area contributed by atoms with Crippen LogP contribution in [-0.2, 0) is 10.0 Å². The van der Waals surface area contributed by atoms with Crippen LogP contribution in [0.5, 0.6) is 5.75 Å². The van der Waals surface area contributed by atoms with E-state index in [1.54, 1.807) is 19.1 Å². The molecule has 0 radical (unpaired) electrons. The van der Waals surface area contributed by atoms with Crippen molar-refractivity contribution in [1.82, 2.24) is 4.72 Å². The zero-order valence-corrected chi connectivity index (χ0v) is 13.0. The van der Waals surface area contributed by atoms with Gasteiger partial charge >= 0.3 is 0 Å². The Hall–Kier alpha value is -1.14. The summed E-state index contributed by atoms with van der Waals surface area (Å²) in [7, 11) is -3.20. The highest BCUT2D eigenvalue weighted by atomic mass is 32.2. The Balaban J connectivity index is 1.94. The predicted molar refractivity (Wildman–Crippen MR) is 80.2 cm³/mol. The number of halogens is 1. The molecule has 0 spiro atoms. The van der Waals surface area contributed by atoms with Crippen LogP contribution in [0.2, 0.25) is 0 Å². The van der Waals surface area contributed by atoms with Crippen molar-refractivity contribution in [2.24, 2.45) is 5.92 Å². The maximum absolute atomic E-state index is 12.8. The lowest BCUT2D eigenvalue weighted by Crippen LogP contribution is -2.44. The van der Waals surface area contributed by atoms with Crippen molar-refractivity contribution in [1.29, 1.82) is 0 Å². The van der Waals surface area contributed by atoms with Crippen LogP contribution in [0.25, 0.3) is 0 Å². The molecule has 0 aromatic heterocycles. The SMILES string of the molecule is CCS(=O)(=O)N[C@@H]1CCCC[C@H]1COc1ccc(F)cc1. The summed E-state index contributed by atoms with van der Waals surface area (Å²) in [6.07, 6.45) is 3.90. The summed E-state index contributed by atoms with van der Waals surface area (Å²) in [4.78, 5) is 0. The number of benzene rings is 1. The minimum absolute atomic E-state index is 0.0656. The van der Waals surface area contributed by atoms with E-state index in [1.807, 2.05) is 0 Å². The van der Waals surface area contributed by atoms with Crippen molar-refractivity contribution in [3.63, 3.8) is 0 Å². The third kappa shape index (κ3) is 4.97. The Morgan fingerprint density at radius 3 is 2.57 bits per heavy atom. The number of hydrogen-bond acceptors (Lipinski definition) is 3. The van der Waals surface area contributed by atoms with Crippen molar-refractivity contribution in [3.8, 4) is 5.75 Å². The van der Waals surface area contributed by atoms with Gasteiger partial charge in [-0.1, -0.05) is 12.8 Å². The molecule has 21 heavy (non-hydrogen) atoms. The molecule has 118 valence electrons. The molecule has 0 heterocycles. The molecule has 1 aromatic carbocycles. The van der Waals surface area contributed by atoms with E-state index in [9.17, 15) is 12.8 Å². The summed E-state index contributed by atoms with van der Waals surface area (Å²) in [5.41, 5.74) is 0. The van der Waals surface area contributed by atoms with Crippen LogP contribution >= 0.6 is 0 Å². The van der Waals surface area contributed by atoms with Gasteiger partial charge in [0.05, 0.1) is 12.4 Å². The second-order valence-electron chi connectivity index (χ2n) is 5.44. The molecule has 0 saturated heterocycles. The van der Waals surface area contributed by atoms with Gasteiger partial charge in [0.2, 0.25) is 10.0 Å². The molecule has 0 aliphatic heterocycles. The molecular formula is C15H22FNO3S. The highest BCUT2D eigenvalue weighted by Crippen LogP contribution is 2.26. The van der Waals surface area contributed by atoms with Gasteiger partial charge in [0, 0.05) is 12.0 Å². The number of nitrogens with one attached hydrogen (secondary N) is 1. The van der Waals surface area contributed by atoms with Gasteiger partial charge in [-0.3, -0.25) is 0 Å². The number of rotatable bonds is 6. The Morgan fingerprint density at radius 1 is 1.24 bits per heavy atom. The van der Waals surface area contributed by atoms with E-state index in [-0.39, 0.29) is 23.5 Å². The van der Waals surface area contributed by atoms with Crippen molar-refractivity contribution < 1.29 is 17.5 Å². The van der Waals surface area contributed by atoms with E-state index in [4.69, 9.17) is 4.74 Å². The van der Waals surface area contributed by atoms with E-state index < -0.39 is 10.0 Å². The van der Waals surface area contributed by atoms with Crippen LogP contribution < -0.4 is 9.46 Å². The minimum Gasteiger partial charge on any atom is -0.493 e. The first-order valence-corrected chi connectivity index (χ1v) is 9.04. The summed E-state index contributed by atoms with van der Waals surface area (Å²) in [5, 5.41) is 0. The maximum Gasteiger partial charge on any atom is 0.211 e. The minimum atomic E-state index is -3.20. The predicted octanol–water partition coefficient (Wildman–Crippen LogP) is 2.70. The summed E-state index contributed by atoms with van der Waals surface area (Å²) in [5.74, 6) is 0.562. The maximum atomic E-state index is 12.8. The Kier molecular flexibility index (Phi) is 5.58. The summed E-state index contributed by atoms with van der Waals surface area (Å²) < 4.78 is 44.7. The molecule has 6 heteroatoms. The number of hydrogen-bond donors (Lipinski definition) is 1. The van der Waals surface area contributed by atoms with Gasteiger partial charge in [0.25, 0.3) is 0 Å². The van der Waals surface area contributed by atoms with Crippen LogP contribution in [0.1, 0.15) is 32.6 Å². The van der Waals surface area contributed by atoms with Crippen molar-refractivity contribution in [2.45, 2.75) is 38.6 Å². The quantitative estimate of drug-likeness (QED) is 0.878. The van der Waals surface area contributed by atoms with Crippen LogP contribution in [0.15, 0.2) is 24.3 Å². The largest absolute Gasteiger partial charge is 0.493 e. The Labute approximate surface area is 125 Å². The van der Waals surface area contributed by atoms with Crippen LogP contribution in [-0.4, -0.2) is 26.8 Å². The number of sulfonamides is 1. The monoisotopic (exact) mass is 315 g/mol. The first kappa shape index (κ1) is 16.2. The molecule has 1 aliphatic rings. The van der Waals surface area contributed by atoms with Gasteiger partial charge < -0.3 is 4.74 Å². The molecular weight excluding hydrogens is 293 g/mol. The Morgan fingerprint density at radius 2 is 1.90 bits per heavy atom. The zero-order chi connectivity index (χ0) is 15.3. The lowest BCUT2D eigenvalue weighted by atomic mass is 9.86. The molecule has 1 fully saturated rings. The lowest BCUT2D eigenvalue weighted by Gasteiger charge is -2.31. The third-order valence-electron chi connectivity index (χ3n) is 3.90. The van der Waals surface area contributed by atoms with E-state index in [1.165, 1.54) is 12.1 Å². The van der Waals surface area contributed by atoms with Gasteiger partial charge in [0.15, 0.2) is 0 Å². The van der Waals surface area contributed by atoms with Gasteiger partial charge in [-0.05, 0) is 44.0 Å². The Bertz CT molecular complexity index is 545. The molecule has 4 nitrogen and oxygen atoms in total. The van der Waals surface area contributed by atoms with E-state index in [0.29, 0.717) is 12.4 Å². The summed E-state index contributed by atoms with van der Waals surface area (Å²) in [6.45, 7) is 2.08. The molecule has 1 aromatic rings. The van der Waals surface area contributed by atoms with E-state index in [2.05, 4.69) is 4.72 Å². The average molecular weight is 315 g/mol. The van der Waals surface area contributed by atoms with Gasteiger partial charge in [-0.25, -0.2) is 17.5 Å². The van der Waals surface area contributed by atoms with Crippen LogP contribution in [0, 0.1) is 11.7 Å². The molecule has 1 aliphatic carbocycles. The summed E-state index contributed by atoms with van der Waals surface area (Å²) in [6, 6.07) is 5.82. The van der Waals surface area contributed by atoms with E-state index in [0.717, 1.165) is 25.7 Å². The molecule has 2 rings (SSSR count). The molecule has 0 amide bonds. The first-order valence-electron chi connectivity index (χ1n) is 7.38. The first-order chi connectivity index (χ1) is 10.00. The van der Waals surface area contributed by atoms with Gasteiger partial charge in [0.1, 0.15) is 11.6 Å². The normalized spacial score (nSPS) is 23.0. The van der Waals surface area contributed by atoms with E-state index >= 15 is 0 Å². The molecule has 0 unspecified atom stereocenters. The van der Waals surface area contributed by atoms with Crippen molar-refractivity contribution >= 4 is 10.0 Å². The second-order valence-corrected chi connectivity index (χ2v) is 7.48. The zero-order valence-electron chi connectivity index (χ0n) is 12.2. The number of ether oxygens (including phenoxy) is 1. The average Bonchev–Trinajstić information content (AvgIpc) is 2.48. The fourth-order valence-corrected chi connectivity index (χ4v) is 3.55.